The summed E-state index contributed by atoms with van der Waals surface area (Å²) < 4.78 is 13.9. The minimum absolute atomic E-state index is 0.00653. The Hall–Kier alpha value is -1.80. The van der Waals surface area contributed by atoms with Crippen molar-refractivity contribution in [1.29, 1.82) is 0 Å². The number of H-pyrrole nitrogens is 1. The summed E-state index contributed by atoms with van der Waals surface area (Å²) in [5.41, 5.74) is 3.60. The van der Waals surface area contributed by atoms with Crippen LogP contribution in [0.25, 0.3) is 0 Å². The van der Waals surface area contributed by atoms with E-state index in [1.54, 1.807) is 11.3 Å². The van der Waals surface area contributed by atoms with Crippen LogP contribution in [-0.4, -0.2) is 51.3 Å². The lowest BCUT2D eigenvalue weighted by Crippen LogP contribution is -2.40. The summed E-state index contributed by atoms with van der Waals surface area (Å²) >= 11 is 1.60. The molecular weight excluding hydrogens is 341 g/mol. The maximum atomic E-state index is 13.9. The molecule has 2 aromatic rings. The lowest BCUT2D eigenvalue weighted by Gasteiger charge is -2.23. The third-order valence-electron chi connectivity index (χ3n) is 5.03. The van der Waals surface area contributed by atoms with Gasteiger partial charge in [-0.05, 0) is 32.6 Å². The average molecular weight is 363 g/mol. The molecule has 1 aliphatic carbocycles. The van der Waals surface area contributed by atoms with Crippen LogP contribution in [0.4, 0.5) is 4.39 Å². The van der Waals surface area contributed by atoms with E-state index in [9.17, 15) is 9.18 Å². The maximum Gasteiger partial charge on any atom is 0.272 e. The topological polar surface area (TPSA) is 73.9 Å². The molecule has 1 amide bonds. The summed E-state index contributed by atoms with van der Waals surface area (Å²) in [6.07, 6.45) is 2.53. The summed E-state index contributed by atoms with van der Waals surface area (Å²) in [6.45, 7) is 3.43. The normalized spacial score (nSPS) is 23.1. The number of aromatic nitrogens is 3. The molecule has 134 valence electrons. The number of nitrogens with zero attached hydrogens (tertiary/aromatic N) is 3. The van der Waals surface area contributed by atoms with E-state index < -0.39 is 6.17 Å². The van der Waals surface area contributed by atoms with E-state index in [1.807, 2.05) is 12.3 Å². The fraction of sp³-hybridized carbons (Fsp3) is 0.588. The van der Waals surface area contributed by atoms with Crippen molar-refractivity contribution in [3.8, 4) is 0 Å². The Balaban J connectivity index is 1.37. The van der Waals surface area contributed by atoms with Gasteiger partial charge in [-0.25, -0.2) is 9.37 Å². The summed E-state index contributed by atoms with van der Waals surface area (Å²) in [7, 11) is 0. The van der Waals surface area contributed by atoms with Crippen molar-refractivity contribution in [3.05, 3.63) is 33.0 Å². The number of carbonyl (C=O) groups excluding carboxylic acids is 1. The second-order valence-electron chi connectivity index (χ2n) is 6.87. The molecule has 0 spiro atoms. The monoisotopic (exact) mass is 363 g/mol. The van der Waals surface area contributed by atoms with Crippen molar-refractivity contribution >= 4 is 17.2 Å². The molecule has 0 bridgehead atoms. The van der Waals surface area contributed by atoms with Gasteiger partial charge in [-0.1, -0.05) is 0 Å². The van der Waals surface area contributed by atoms with Crippen LogP contribution < -0.4 is 5.32 Å². The maximum absolute atomic E-state index is 13.9. The van der Waals surface area contributed by atoms with Crippen molar-refractivity contribution in [2.75, 3.05) is 13.1 Å². The molecule has 6 nitrogen and oxygen atoms in total. The van der Waals surface area contributed by atoms with Gasteiger partial charge in [-0.15, -0.1) is 11.3 Å². The van der Waals surface area contributed by atoms with Gasteiger partial charge < -0.3 is 5.32 Å². The van der Waals surface area contributed by atoms with Crippen LogP contribution in [0, 0.1) is 6.92 Å². The molecule has 2 aromatic heterocycles. The highest BCUT2D eigenvalue weighted by Gasteiger charge is 2.33. The number of carbonyl (C=O) groups is 1. The van der Waals surface area contributed by atoms with Crippen molar-refractivity contribution < 1.29 is 9.18 Å². The molecule has 1 aliphatic heterocycles. The molecule has 0 unspecified atom stereocenters. The number of hydrogen-bond donors (Lipinski definition) is 2. The van der Waals surface area contributed by atoms with Gasteiger partial charge in [0, 0.05) is 42.3 Å². The van der Waals surface area contributed by atoms with Crippen LogP contribution in [0.2, 0.25) is 0 Å². The zero-order valence-electron chi connectivity index (χ0n) is 14.2. The Labute approximate surface area is 149 Å². The first-order valence-electron chi connectivity index (χ1n) is 8.73. The van der Waals surface area contributed by atoms with E-state index in [0.717, 1.165) is 41.2 Å². The molecule has 1 fully saturated rings. The van der Waals surface area contributed by atoms with E-state index >= 15 is 0 Å². The molecule has 3 heterocycles. The van der Waals surface area contributed by atoms with Crippen LogP contribution in [0.3, 0.4) is 0 Å². The molecule has 4 rings (SSSR count). The highest BCUT2D eigenvalue weighted by Crippen LogP contribution is 2.24. The Morgan fingerprint density at radius 3 is 3.20 bits per heavy atom. The van der Waals surface area contributed by atoms with E-state index in [2.05, 4.69) is 25.4 Å². The smallest absolute Gasteiger partial charge is 0.272 e. The van der Waals surface area contributed by atoms with Gasteiger partial charge in [0.2, 0.25) is 0 Å². The molecular formula is C17H22FN5OS. The first kappa shape index (κ1) is 16.7. The zero-order valence-corrected chi connectivity index (χ0v) is 15.0. The number of fused-ring (bicyclic) bond motifs is 1. The molecule has 0 aromatic carbocycles. The number of likely N-dealkylation sites (tertiary alicyclic amines) is 1. The first-order chi connectivity index (χ1) is 12.1. The quantitative estimate of drug-likeness (QED) is 0.852. The van der Waals surface area contributed by atoms with Gasteiger partial charge in [-0.2, -0.15) is 5.10 Å². The zero-order chi connectivity index (χ0) is 17.4. The Morgan fingerprint density at radius 1 is 1.52 bits per heavy atom. The lowest BCUT2D eigenvalue weighted by molar-refractivity contribution is 0.0933. The second kappa shape index (κ2) is 6.84. The second-order valence-corrected chi connectivity index (χ2v) is 7.93. The molecule has 1 saturated heterocycles. The van der Waals surface area contributed by atoms with Gasteiger partial charge in [0.15, 0.2) is 5.69 Å². The predicted molar refractivity (Wildman–Crippen MR) is 93.5 cm³/mol. The SMILES string of the molecule is Cc1nc(CN2C[C@@H](F)C[C@H]2CNC(=O)c2n[nH]c3c2CCC3)cs1. The number of aryl methyl sites for hydroxylation is 2. The van der Waals surface area contributed by atoms with Crippen molar-refractivity contribution in [2.45, 2.75) is 51.4 Å². The van der Waals surface area contributed by atoms with Gasteiger partial charge in [0.1, 0.15) is 6.17 Å². The number of alkyl halides is 1. The van der Waals surface area contributed by atoms with E-state index in [4.69, 9.17) is 0 Å². The fourth-order valence-corrected chi connectivity index (χ4v) is 4.42. The molecule has 25 heavy (non-hydrogen) atoms. The number of aromatic amines is 1. The van der Waals surface area contributed by atoms with Crippen LogP contribution >= 0.6 is 11.3 Å². The van der Waals surface area contributed by atoms with Crippen LogP contribution in [0.15, 0.2) is 5.38 Å². The van der Waals surface area contributed by atoms with Gasteiger partial charge in [0.25, 0.3) is 5.91 Å². The summed E-state index contributed by atoms with van der Waals surface area (Å²) in [6, 6.07) is -0.00653. The number of rotatable bonds is 5. The van der Waals surface area contributed by atoms with Crippen molar-refractivity contribution in [3.63, 3.8) is 0 Å². The molecule has 2 N–H and O–H groups in total. The third-order valence-corrected chi connectivity index (χ3v) is 5.85. The van der Waals surface area contributed by atoms with E-state index in [1.165, 1.54) is 0 Å². The summed E-state index contributed by atoms with van der Waals surface area (Å²) in [5.74, 6) is -0.161. The molecule has 8 heteroatoms. The highest BCUT2D eigenvalue weighted by molar-refractivity contribution is 7.09. The minimum Gasteiger partial charge on any atom is -0.349 e. The lowest BCUT2D eigenvalue weighted by atomic mass is 10.1. The van der Waals surface area contributed by atoms with Gasteiger partial charge >= 0.3 is 0 Å². The standard InChI is InChI=1S/C17H22FN5OS/c1-10-20-12(9-25-10)8-23-7-11(18)5-13(23)6-19-17(24)16-14-3-2-4-15(14)21-22-16/h9,11,13H,2-8H2,1H3,(H,19,24)(H,21,22)/t11-,13-/m0/s1. The molecule has 2 atom stereocenters. The molecule has 0 saturated carbocycles. The Bertz CT molecular complexity index is 773. The average Bonchev–Trinajstić information content (AvgIpc) is 3.31. The van der Waals surface area contributed by atoms with Crippen LogP contribution in [0.1, 0.15) is 45.3 Å². The first-order valence-corrected chi connectivity index (χ1v) is 9.61. The number of nitrogens with one attached hydrogen (secondary N) is 2. The fourth-order valence-electron chi connectivity index (χ4n) is 3.82. The Morgan fingerprint density at radius 2 is 2.40 bits per heavy atom. The molecule has 2 aliphatic rings. The predicted octanol–water partition coefficient (Wildman–Crippen LogP) is 2.01. The van der Waals surface area contributed by atoms with Crippen LogP contribution in [0.5, 0.6) is 0 Å². The number of amides is 1. The van der Waals surface area contributed by atoms with Crippen LogP contribution in [-0.2, 0) is 19.4 Å². The number of thiazole rings is 1. The number of hydrogen-bond acceptors (Lipinski definition) is 5. The van der Waals surface area contributed by atoms with Gasteiger partial charge in [-0.3, -0.25) is 14.8 Å². The highest BCUT2D eigenvalue weighted by atomic mass is 32.1. The number of halogens is 1. The largest absolute Gasteiger partial charge is 0.349 e. The van der Waals surface area contributed by atoms with E-state index in [0.29, 0.717) is 31.7 Å². The molecule has 0 radical (unpaired) electrons. The van der Waals surface area contributed by atoms with Crippen molar-refractivity contribution in [1.82, 2.24) is 25.4 Å². The van der Waals surface area contributed by atoms with E-state index in [-0.39, 0.29) is 11.9 Å². The minimum atomic E-state index is -0.851. The third kappa shape index (κ3) is 3.46. The van der Waals surface area contributed by atoms with Gasteiger partial charge in [0.05, 0.1) is 10.7 Å². The summed E-state index contributed by atoms with van der Waals surface area (Å²) in [5, 5.41) is 13.1. The summed E-state index contributed by atoms with van der Waals surface area (Å²) in [4.78, 5) is 19.0. The Kier molecular flexibility index (Phi) is 4.56. The van der Waals surface area contributed by atoms with Crippen molar-refractivity contribution in [2.24, 2.45) is 0 Å².